The van der Waals surface area contributed by atoms with Gasteiger partial charge in [-0.25, -0.2) is 0 Å². The van der Waals surface area contributed by atoms with Crippen molar-refractivity contribution >= 4 is 34.8 Å². The van der Waals surface area contributed by atoms with Gasteiger partial charge in [0.05, 0.1) is 31.0 Å². The number of nitrogens with zero attached hydrogens (tertiary/aromatic N) is 4. The molecule has 0 rings (SSSR count). The third-order valence-electron chi connectivity index (χ3n) is 2.71. The largest absolute Gasteiger partial charge is 0.309 e. The molecule has 0 N–H and O–H groups in total. The van der Waals surface area contributed by atoms with E-state index in [1.165, 1.54) is 0 Å². The van der Waals surface area contributed by atoms with E-state index < -0.39 is 0 Å². The summed E-state index contributed by atoms with van der Waals surface area (Å²) in [5.74, 6) is 1.78. The molecule has 1 unspecified atom stereocenters. The van der Waals surface area contributed by atoms with Gasteiger partial charge in [0, 0.05) is 30.6 Å². The van der Waals surface area contributed by atoms with Crippen molar-refractivity contribution in [3.8, 4) is 18.2 Å². The first-order valence-corrected chi connectivity index (χ1v) is 9.74. The van der Waals surface area contributed by atoms with E-state index in [0.717, 1.165) is 24.1 Å². The quantitative estimate of drug-likeness (QED) is 0.366. The van der Waals surface area contributed by atoms with Crippen LogP contribution in [0.2, 0.25) is 0 Å². The molecular weight excluding hydrogens is 391 g/mol. The van der Waals surface area contributed by atoms with Gasteiger partial charge in [-0.1, -0.05) is 19.6 Å². The highest BCUT2D eigenvalue weighted by Crippen LogP contribution is 2.05. The van der Waals surface area contributed by atoms with E-state index in [2.05, 4.69) is 18.7 Å². The molecule has 0 aromatic heterocycles. The van der Waals surface area contributed by atoms with Gasteiger partial charge in [0.1, 0.15) is 0 Å². The predicted molar refractivity (Wildman–Crippen MR) is 112 cm³/mol. The second kappa shape index (κ2) is 23.8. The van der Waals surface area contributed by atoms with Gasteiger partial charge in [0.15, 0.2) is 0 Å². The molecule has 0 amide bonds. The van der Waals surface area contributed by atoms with Crippen LogP contribution >= 0.6 is 34.8 Å². The first kappa shape index (κ1) is 29.5. The maximum atomic E-state index is 8.35. The van der Waals surface area contributed by atoms with Crippen molar-refractivity contribution in [1.82, 2.24) is 4.90 Å². The van der Waals surface area contributed by atoms with Crippen LogP contribution in [0.5, 0.6) is 0 Å². The predicted octanol–water partition coefficient (Wildman–Crippen LogP) is 5.49. The van der Waals surface area contributed by atoms with Crippen molar-refractivity contribution in [1.29, 1.82) is 15.8 Å². The first-order chi connectivity index (χ1) is 12.4. The Balaban J connectivity index is -0.000000310. The second-order valence-corrected chi connectivity index (χ2v) is 6.45. The summed E-state index contributed by atoms with van der Waals surface area (Å²) in [4.78, 5) is 2.05. The Morgan fingerprint density at radius 1 is 1.04 bits per heavy atom. The van der Waals surface area contributed by atoms with Crippen LogP contribution in [-0.2, 0) is 0 Å². The summed E-state index contributed by atoms with van der Waals surface area (Å²) in [7, 11) is 3.97. The maximum absolute atomic E-state index is 8.35. The van der Waals surface area contributed by atoms with Crippen LogP contribution in [0.25, 0.3) is 0 Å². The van der Waals surface area contributed by atoms with Gasteiger partial charge in [-0.15, -0.1) is 34.8 Å². The fraction of sp³-hybridized carbons (Fsp3) is 0.632. The topological polar surface area (TPSA) is 74.6 Å². The van der Waals surface area contributed by atoms with Gasteiger partial charge in [-0.2, -0.15) is 15.8 Å². The summed E-state index contributed by atoms with van der Waals surface area (Å²) in [6, 6.07) is 6.10. The van der Waals surface area contributed by atoms with Gasteiger partial charge >= 0.3 is 0 Å². The Bertz CT molecular complexity index is 496. The molecular formula is C19H29Cl3N4. The monoisotopic (exact) mass is 418 g/mol. The zero-order chi connectivity index (χ0) is 20.8. The number of rotatable bonds is 9. The zero-order valence-corrected chi connectivity index (χ0v) is 18.2. The lowest BCUT2D eigenvalue weighted by Crippen LogP contribution is -2.22. The molecule has 0 saturated heterocycles. The van der Waals surface area contributed by atoms with Gasteiger partial charge in [-0.05, 0) is 37.6 Å². The molecule has 0 radical (unpaired) electrons. The molecule has 0 aliphatic rings. The third-order valence-corrected chi connectivity index (χ3v) is 3.87. The number of nitriles is 3. The lowest BCUT2D eigenvalue weighted by molar-refractivity contribution is 0.344. The summed E-state index contributed by atoms with van der Waals surface area (Å²) in [5.41, 5.74) is 1.81. The number of hydrogen-bond donors (Lipinski definition) is 0. The minimum absolute atomic E-state index is 0.321. The summed E-state index contributed by atoms with van der Waals surface area (Å²) >= 11 is 16.4. The lowest BCUT2D eigenvalue weighted by atomic mass is 10.1. The minimum atomic E-state index is 0.321. The Labute approximate surface area is 174 Å². The summed E-state index contributed by atoms with van der Waals surface area (Å²) in [6.45, 7) is 6.44. The zero-order valence-electron chi connectivity index (χ0n) is 15.9. The van der Waals surface area contributed by atoms with Crippen LogP contribution in [0.3, 0.4) is 0 Å². The Hall–Kier alpha value is -1.22. The molecule has 0 aromatic carbocycles. The number of alkyl halides is 3. The van der Waals surface area contributed by atoms with E-state index in [-0.39, 0.29) is 0 Å². The van der Waals surface area contributed by atoms with Crippen molar-refractivity contribution in [2.45, 2.75) is 32.6 Å². The molecule has 0 aliphatic carbocycles. The lowest BCUT2D eigenvalue weighted by Gasteiger charge is -2.15. The van der Waals surface area contributed by atoms with E-state index in [4.69, 9.17) is 50.6 Å². The van der Waals surface area contributed by atoms with Crippen LogP contribution in [0.4, 0.5) is 0 Å². The second-order valence-electron chi connectivity index (χ2n) is 5.60. The molecule has 4 nitrogen and oxygen atoms in total. The Morgan fingerprint density at radius 3 is 1.88 bits per heavy atom. The smallest absolute Gasteiger partial charge is 0.0666 e. The average Bonchev–Trinajstić information content (AvgIpc) is 2.62. The summed E-state index contributed by atoms with van der Waals surface area (Å²) in [6.07, 6.45) is 4.36. The van der Waals surface area contributed by atoms with Crippen LogP contribution in [-0.4, -0.2) is 43.2 Å². The molecule has 26 heavy (non-hydrogen) atoms. The Kier molecular flexibility index (Phi) is 27.0. The van der Waals surface area contributed by atoms with Crippen LogP contribution in [0, 0.1) is 39.9 Å². The van der Waals surface area contributed by atoms with E-state index in [0.29, 0.717) is 42.8 Å². The van der Waals surface area contributed by atoms with Crippen molar-refractivity contribution < 1.29 is 0 Å². The fourth-order valence-electron chi connectivity index (χ4n) is 1.54. The van der Waals surface area contributed by atoms with Crippen molar-refractivity contribution in [2.75, 3.05) is 38.3 Å². The molecule has 0 fully saturated rings. The van der Waals surface area contributed by atoms with Crippen LogP contribution in [0.15, 0.2) is 23.8 Å². The maximum Gasteiger partial charge on any atom is 0.0666 e. The fourth-order valence-corrected chi connectivity index (χ4v) is 2.04. The van der Waals surface area contributed by atoms with E-state index >= 15 is 0 Å². The highest BCUT2D eigenvalue weighted by atomic mass is 35.5. The molecule has 0 spiro atoms. The van der Waals surface area contributed by atoms with Crippen molar-refractivity contribution in [2.24, 2.45) is 5.92 Å². The number of hydrogen-bond acceptors (Lipinski definition) is 4. The van der Waals surface area contributed by atoms with Gasteiger partial charge in [-0.3, -0.25) is 0 Å². The normalized spacial score (nSPS) is 10.8. The molecule has 0 aliphatic heterocycles. The first-order valence-electron chi connectivity index (χ1n) is 8.14. The Morgan fingerprint density at radius 2 is 1.62 bits per heavy atom. The SMILES string of the molecule is C=C(CCl)CC#N.CCC=C(CCl)CC#N.CN(C)CC(CCl)CC#N. The van der Waals surface area contributed by atoms with E-state index in [9.17, 15) is 0 Å². The number of halogens is 3. The summed E-state index contributed by atoms with van der Waals surface area (Å²) < 4.78 is 0. The molecule has 7 heteroatoms. The summed E-state index contributed by atoms with van der Waals surface area (Å²) in [5, 5.41) is 24.6. The van der Waals surface area contributed by atoms with Crippen LogP contribution in [0.1, 0.15) is 32.6 Å². The molecule has 0 bridgehead atoms. The van der Waals surface area contributed by atoms with Crippen LogP contribution < -0.4 is 0 Å². The molecule has 0 saturated carbocycles. The van der Waals surface area contributed by atoms with Crippen molar-refractivity contribution in [3.05, 3.63) is 23.8 Å². The van der Waals surface area contributed by atoms with E-state index in [1.54, 1.807) is 0 Å². The molecule has 146 valence electrons. The highest BCUT2D eigenvalue weighted by Gasteiger charge is 2.06. The highest BCUT2D eigenvalue weighted by molar-refractivity contribution is 6.19. The molecule has 0 aromatic rings. The van der Waals surface area contributed by atoms with E-state index in [1.807, 2.05) is 38.1 Å². The standard InChI is InChI=1S/C7H13ClN2.C7H10ClN.C5H6ClN/c1-10(2)6-7(5-8)3-4-9;1-2-3-7(6-8)4-5-9;1-5(4-6)2-3-7/h7H,3,5-6H2,1-2H3;3H,2,4,6H2,1H3;1-2,4H2. The van der Waals surface area contributed by atoms with Crippen molar-refractivity contribution in [3.63, 3.8) is 0 Å². The molecule has 1 atom stereocenters. The average molecular weight is 420 g/mol. The molecule has 0 heterocycles. The minimum Gasteiger partial charge on any atom is -0.309 e. The third kappa shape index (κ3) is 25.0. The van der Waals surface area contributed by atoms with Gasteiger partial charge in [0.25, 0.3) is 0 Å². The van der Waals surface area contributed by atoms with Gasteiger partial charge < -0.3 is 4.90 Å². The number of allylic oxidation sites excluding steroid dienone is 3. The van der Waals surface area contributed by atoms with Gasteiger partial charge in [0.2, 0.25) is 0 Å².